The summed E-state index contributed by atoms with van der Waals surface area (Å²) in [6.45, 7) is 0.258. The van der Waals surface area contributed by atoms with Gasteiger partial charge in [-0.1, -0.05) is 41.9 Å². The third kappa shape index (κ3) is 4.67. The van der Waals surface area contributed by atoms with Gasteiger partial charge in [0, 0.05) is 5.02 Å². The monoisotopic (exact) mass is 346 g/mol. The topological polar surface area (TPSA) is 69.7 Å². The van der Waals surface area contributed by atoms with E-state index in [9.17, 15) is 14.4 Å². The van der Waals surface area contributed by atoms with Gasteiger partial charge in [-0.25, -0.2) is 4.79 Å². The number of rotatable bonds is 7. The second kappa shape index (κ2) is 8.26. The fourth-order valence-electron chi connectivity index (χ4n) is 2.01. The van der Waals surface area contributed by atoms with Crippen LogP contribution in [-0.2, 0) is 20.9 Å². The maximum atomic E-state index is 12.3. The molecule has 0 aliphatic rings. The zero-order chi connectivity index (χ0) is 17.5. The molecular weight excluding hydrogens is 332 g/mol. The molecule has 6 heteroatoms. The highest BCUT2D eigenvalue weighted by Gasteiger charge is 2.22. The van der Waals surface area contributed by atoms with Crippen LogP contribution in [0.25, 0.3) is 0 Å². The molecule has 2 rings (SSSR count). The molecule has 0 heterocycles. The van der Waals surface area contributed by atoms with E-state index >= 15 is 0 Å². The van der Waals surface area contributed by atoms with E-state index in [0.29, 0.717) is 10.8 Å². The lowest BCUT2D eigenvalue weighted by molar-refractivity contribution is -0.151. The molecule has 2 aromatic carbocycles. The molecule has 0 aliphatic heterocycles. The summed E-state index contributed by atoms with van der Waals surface area (Å²) in [4.78, 5) is 35.0. The Labute approximate surface area is 144 Å². The smallest absolute Gasteiger partial charge is 0.374 e. The van der Waals surface area contributed by atoms with Crippen molar-refractivity contribution in [2.75, 3.05) is 7.11 Å². The zero-order valence-electron chi connectivity index (χ0n) is 13.0. The van der Waals surface area contributed by atoms with Crippen LogP contribution in [0.3, 0.4) is 0 Å². The third-order valence-electron chi connectivity index (χ3n) is 3.21. The van der Waals surface area contributed by atoms with Crippen LogP contribution in [0.2, 0.25) is 5.02 Å². The molecule has 0 aliphatic carbocycles. The number of ketones is 2. The van der Waals surface area contributed by atoms with Crippen LogP contribution in [0.1, 0.15) is 22.3 Å². The second-order valence-electron chi connectivity index (χ2n) is 4.93. The van der Waals surface area contributed by atoms with Gasteiger partial charge >= 0.3 is 5.97 Å². The Balaban J connectivity index is 2.16. The molecule has 0 radical (unpaired) electrons. The molecule has 0 saturated carbocycles. The van der Waals surface area contributed by atoms with Gasteiger partial charge in [0.05, 0.1) is 19.1 Å². The molecule has 0 amide bonds. The van der Waals surface area contributed by atoms with Crippen molar-refractivity contribution < 1.29 is 23.9 Å². The average Bonchev–Trinajstić information content (AvgIpc) is 2.60. The maximum absolute atomic E-state index is 12.3. The number of halogens is 1. The minimum Gasteiger partial charge on any atom is -0.488 e. The third-order valence-corrected chi connectivity index (χ3v) is 3.45. The number of hydrogen-bond acceptors (Lipinski definition) is 5. The van der Waals surface area contributed by atoms with Gasteiger partial charge in [-0.3, -0.25) is 9.59 Å². The quantitative estimate of drug-likeness (QED) is 0.333. The standard InChI is InChI=1S/C18H15ClO5/c1-23-18(22)16(21)10-15(20)14-9-13(19)7-8-17(14)24-11-12-5-3-2-4-6-12/h2-9H,10-11H2,1H3. The number of ether oxygens (including phenoxy) is 2. The van der Waals surface area contributed by atoms with E-state index in [0.717, 1.165) is 12.7 Å². The Hall–Kier alpha value is -2.66. The lowest BCUT2D eigenvalue weighted by atomic mass is 10.0. The van der Waals surface area contributed by atoms with E-state index < -0.39 is 24.0 Å². The molecule has 5 nitrogen and oxygen atoms in total. The molecule has 0 atom stereocenters. The Morgan fingerprint density at radius 1 is 1.04 bits per heavy atom. The molecule has 0 fully saturated rings. The fraction of sp³-hybridized carbons (Fsp3) is 0.167. The van der Waals surface area contributed by atoms with Gasteiger partial charge < -0.3 is 9.47 Å². The molecular formula is C18H15ClO5. The predicted molar refractivity (Wildman–Crippen MR) is 88.2 cm³/mol. The minimum atomic E-state index is -1.06. The molecule has 0 spiro atoms. The summed E-state index contributed by atoms with van der Waals surface area (Å²) in [7, 11) is 1.08. The summed E-state index contributed by atoms with van der Waals surface area (Å²) in [6.07, 6.45) is -0.602. The Morgan fingerprint density at radius 3 is 2.42 bits per heavy atom. The Bertz CT molecular complexity index is 755. The maximum Gasteiger partial charge on any atom is 0.374 e. The first-order chi connectivity index (χ1) is 11.5. The summed E-state index contributed by atoms with van der Waals surface area (Å²) < 4.78 is 9.97. The molecule has 2 aromatic rings. The first-order valence-corrected chi connectivity index (χ1v) is 7.49. The van der Waals surface area contributed by atoms with E-state index in [1.54, 1.807) is 12.1 Å². The van der Waals surface area contributed by atoms with Gasteiger partial charge in [0.25, 0.3) is 0 Å². The van der Waals surface area contributed by atoms with Crippen LogP contribution < -0.4 is 4.74 Å². The minimum absolute atomic E-state index is 0.149. The van der Waals surface area contributed by atoms with Gasteiger partial charge in [-0.15, -0.1) is 0 Å². The number of esters is 1. The fourth-order valence-corrected chi connectivity index (χ4v) is 2.18. The number of hydrogen-bond donors (Lipinski definition) is 0. The van der Waals surface area contributed by atoms with Crippen molar-refractivity contribution in [3.8, 4) is 5.75 Å². The van der Waals surface area contributed by atoms with Crippen molar-refractivity contribution in [3.05, 3.63) is 64.7 Å². The highest BCUT2D eigenvalue weighted by atomic mass is 35.5. The van der Waals surface area contributed by atoms with Crippen molar-refractivity contribution in [1.82, 2.24) is 0 Å². The number of carbonyl (C=O) groups is 3. The summed E-state index contributed by atoms with van der Waals surface area (Å²) in [5.41, 5.74) is 1.08. The largest absolute Gasteiger partial charge is 0.488 e. The SMILES string of the molecule is COC(=O)C(=O)CC(=O)c1cc(Cl)ccc1OCc1ccccc1. The van der Waals surface area contributed by atoms with Crippen LogP contribution >= 0.6 is 11.6 Å². The van der Waals surface area contributed by atoms with Crippen molar-refractivity contribution in [1.29, 1.82) is 0 Å². The van der Waals surface area contributed by atoms with Crippen molar-refractivity contribution in [2.45, 2.75) is 13.0 Å². The zero-order valence-corrected chi connectivity index (χ0v) is 13.7. The van der Waals surface area contributed by atoms with Gasteiger partial charge in [0.1, 0.15) is 12.4 Å². The van der Waals surface area contributed by atoms with Gasteiger partial charge in [-0.05, 0) is 23.8 Å². The van der Waals surface area contributed by atoms with Crippen LogP contribution in [-0.4, -0.2) is 24.6 Å². The van der Waals surface area contributed by atoms with Gasteiger partial charge in [0.15, 0.2) is 5.78 Å². The van der Waals surface area contributed by atoms with Crippen molar-refractivity contribution in [2.24, 2.45) is 0 Å². The highest BCUT2D eigenvalue weighted by molar-refractivity contribution is 6.38. The number of Topliss-reactive ketones (excluding diaryl/α,β-unsaturated/α-hetero) is 2. The first-order valence-electron chi connectivity index (χ1n) is 7.12. The van der Waals surface area contributed by atoms with E-state index in [1.165, 1.54) is 6.07 Å². The van der Waals surface area contributed by atoms with Crippen LogP contribution in [0, 0.1) is 0 Å². The van der Waals surface area contributed by atoms with Crippen LogP contribution in [0.4, 0.5) is 0 Å². The second-order valence-corrected chi connectivity index (χ2v) is 5.37. The summed E-state index contributed by atoms with van der Waals surface area (Å²) in [5, 5.41) is 0.330. The van der Waals surface area contributed by atoms with Crippen LogP contribution in [0.15, 0.2) is 48.5 Å². The molecule has 124 valence electrons. The lowest BCUT2D eigenvalue weighted by Crippen LogP contribution is -2.19. The van der Waals surface area contributed by atoms with Gasteiger partial charge in [0.2, 0.25) is 5.78 Å². The van der Waals surface area contributed by atoms with Crippen molar-refractivity contribution in [3.63, 3.8) is 0 Å². The number of carbonyl (C=O) groups excluding carboxylic acids is 3. The van der Waals surface area contributed by atoms with Gasteiger partial charge in [-0.2, -0.15) is 0 Å². The molecule has 0 unspecified atom stereocenters. The molecule has 24 heavy (non-hydrogen) atoms. The average molecular weight is 347 g/mol. The van der Waals surface area contributed by atoms with E-state index in [-0.39, 0.29) is 12.2 Å². The Kier molecular flexibility index (Phi) is 6.09. The normalized spacial score (nSPS) is 10.1. The predicted octanol–water partition coefficient (Wildman–Crippen LogP) is 3.23. The summed E-state index contributed by atoms with van der Waals surface area (Å²) in [6, 6.07) is 14.0. The number of benzene rings is 2. The molecule has 0 saturated heterocycles. The highest BCUT2D eigenvalue weighted by Crippen LogP contribution is 2.25. The van der Waals surface area contributed by atoms with Crippen LogP contribution in [0.5, 0.6) is 5.75 Å². The van der Waals surface area contributed by atoms with E-state index in [2.05, 4.69) is 4.74 Å². The molecule has 0 N–H and O–H groups in total. The Morgan fingerprint density at radius 2 is 1.75 bits per heavy atom. The molecule has 0 aromatic heterocycles. The first kappa shape index (κ1) is 17.7. The van der Waals surface area contributed by atoms with E-state index in [1.807, 2.05) is 30.3 Å². The summed E-state index contributed by atoms with van der Waals surface area (Å²) in [5.74, 6) is -2.24. The van der Waals surface area contributed by atoms with Crippen molar-refractivity contribution >= 4 is 29.1 Å². The number of methoxy groups -OCH3 is 1. The molecule has 0 bridgehead atoms. The van der Waals surface area contributed by atoms with E-state index in [4.69, 9.17) is 16.3 Å². The summed E-state index contributed by atoms with van der Waals surface area (Å²) >= 11 is 5.92. The lowest BCUT2D eigenvalue weighted by Gasteiger charge is -2.11.